The molecule has 0 atom stereocenters. The molecule has 0 aliphatic rings. The molecule has 4 N–H and O–H groups in total. The zero-order chi connectivity index (χ0) is 9.00. The molecular weight excluding hydrogens is 218 g/mol. The van der Waals surface area contributed by atoms with Crippen LogP contribution < -0.4 is 19.6 Å². The van der Waals surface area contributed by atoms with Crippen LogP contribution >= 0.6 is 15.6 Å². The standard InChI is InChI=1S/C.2H3O4P.H2O/c;2*1-5(2,3)4;/h;2*(H3,1,2,3,4);1H2/q+4;;;/p-4. The van der Waals surface area contributed by atoms with Gasteiger partial charge in [-0.15, -0.1) is 0 Å². The molecule has 0 spiro atoms. The molecule has 9 nitrogen and oxygen atoms in total. The summed E-state index contributed by atoms with van der Waals surface area (Å²) in [5.41, 5.74) is 0. The first-order chi connectivity index (χ1) is 4.00. The Labute approximate surface area is 68.1 Å². The van der Waals surface area contributed by atoms with Gasteiger partial charge in [0.2, 0.25) is 0 Å². The van der Waals surface area contributed by atoms with Gasteiger partial charge in [0.1, 0.15) is 0 Å². The van der Waals surface area contributed by atoms with Gasteiger partial charge in [-0.1, -0.05) is 0 Å². The van der Waals surface area contributed by atoms with E-state index in [4.69, 9.17) is 38.5 Å². The van der Waals surface area contributed by atoms with E-state index >= 15 is 0 Å². The van der Waals surface area contributed by atoms with Crippen molar-refractivity contribution in [2.45, 2.75) is 0 Å². The summed E-state index contributed by atoms with van der Waals surface area (Å²) in [6.45, 7) is 0. The summed E-state index contributed by atoms with van der Waals surface area (Å²) >= 11 is 0. The van der Waals surface area contributed by atoms with E-state index in [2.05, 4.69) is 0 Å². The van der Waals surface area contributed by atoms with Gasteiger partial charge < -0.3 is 39.4 Å². The summed E-state index contributed by atoms with van der Waals surface area (Å²) in [4.78, 5) is 48.6. The van der Waals surface area contributed by atoms with E-state index in [-0.39, 0.29) is 12.9 Å². The average molecular weight is 222 g/mol. The predicted octanol–water partition coefficient (Wildman–Crippen LogP) is -5.13. The number of phosphoric acid groups is 2. The van der Waals surface area contributed by atoms with Crippen molar-refractivity contribution in [2.24, 2.45) is 0 Å². The van der Waals surface area contributed by atoms with Crippen LogP contribution in [-0.4, -0.2) is 15.3 Å². The molecule has 0 rings (SSSR count). The number of hydrogen-bond donors (Lipinski definition) is 2. The molecule has 0 unspecified atom stereocenters. The van der Waals surface area contributed by atoms with Gasteiger partial charge >= 0.3 is 7.43 Å². The van der Waals surface area contributed by atoms with Crippen LogP contribution in [0.1, 0.15) is 0 Å². The number of rotatable bonds is 0. The minimum Gasteiger partial charge on any atom is -0.822 e. The molecule has 11 heteroatoms. The van der Waals surface area contributed by atoms with E-state index in [0.717, 1.165) is 0 Å². The third-order valence-electron chi connectivity index (χ3n) is 0. The third-order valence-corrected chi connectivity index (χ3v) is 0. The van der Waals surface area contributed by atoms with Crippen LogP contribution in [0, 0.1) is 7.43 Å². The van der Waals surface area contributed by atoms with E-state index in [9.17, 15) is 0 Å². The Morgan fingerprint density at radius 3 is 0.917 bits per heavy atom. The van der Waals surface area contributed by atoms with Crippen LogP contribution in [0.25, 0.3) is 0 Å². The fraction of sp³-hybridized carbons (Fsp3) is 0. The molecule has 0 aromatic carbocycles. The van der Waals surface area contributed by atoms with Crippen LogP contribution in [0.15, 0.2) is 0 Å². The molecule has 0 aromatic heterocycles. The Morgan fingerprint density at radius 2 is 0.917 bits per heavy atom. The Kier molecular flexibility index (Phi) is 14.8. The average Bonchev–Trinajstić information content (AvgIpc) is 1.12. The fourth-order valence-corrected chi connectivity index (χ4v) is 0. The molecule has 0 saturated heterocycles. The minimum atomic E-state index is -5.39. The van der Waals surface area contributed by atoms with Gasteiger partial charge in [0.15, 0.2) is 0 Å². The van der Waals surface area contributed by atoms with Crippen molar-refractivity contribution < 1.29 is 44.0 Å². The van der Waals surface area contributed by atoms with Crippen LogP contribution in [0.3, 0.4) is 0 Å². The molecule has 0 bridgehead atoms. The van der Waals surface area contributed by atoms with Crippen LogP contribution in [0.4, 0.5) is 0 Å². The zero-order valence-electron chi connectivity index (χ0n) is 5.24. The monoisotopic (exact) mass is 222 g/mol. The first-order valence-electron chi connectivity index (χ1n) is 1.50. The molecular formula is CH4O9P2. The summed E-state index contributed by atoms with van der Waals surface area (Å²) in [7, 11) is -10.3. The van der Waals surface area contributed by atoms with E-state index in [0.29, 0.717) is 0 Å². The van der Waals surface area contributed by atoms with Gasteiger partial charge in [0.05, 0.1) is 0 Å². The van der Waals surface area contributed by atoms with Crippen LogP contribution in [0.5, 0.6) is 0 Å². The molecule has 0 aromatic rings. The van der Waals surface area contributed by atoms with Crippen molar-refractivity contribution in [3.05, 3.63) is 7.43 Å². The second-order valence-electron chi connectivity index (χ2n) is 0.938. The largest absolute Gasteiger partial charge is 4.00 e. The van der Waals surface area contributed by atoms with Crippen LogP contribution in [-0.2, 0) is 9.13 Å². The Bertz CT molecular complexity index is 125. The molecule has 0 heterocycles. The van der Waals surface area contributed by atoms with Crippen molar-refractivity contribution in [3.8, 4) is 0 Å². The van der Waals surface area contributed by atoms with E-state index < -0.39 is 15.6 Å². The van der Waals surface area contributed by atoms with Gasteiger partial charge in [-0.05, 0) is 0 Å². The molecule has 0 radical (unpaired) electrons. The zero-order valence-corrected chi connectivity index (χ0v) is 7.03. The molecule has 12 heavy (non-hydrogen) atoms. The van der Waals surface area contributed by atoms with E-state index in [1.807, 2.05) is 0 Å². The van der Waals surface area contributed by atoms with E-state index in [1.165, 1.54) is 0 Å². The maximum Gasteiger partial charge on any atom is 4.00 e. The van der Waals surface area contributed by atoms with Gasteiger partial charge in [0.25, 0.3) is 7.82 Å². The maximum atomic E-state index is 8.77. The minimum absolute atomic E-state index is 0. The van der Waals surface area contributed by atoms with Crippen molar-refractivity contribution in [1.29, 1.82) is 0 Å². The second kappa shape index (κ2) is 7.81. The molecule has 72 valence electrons. The normalized spacial score (nSPS) is 9.83. The fourth-order valence-electron chi connectivity index (χ4n) is 0. The summed E-state index contributed by atoms with van der Waals surface area (Å²) in [5, 5.41) is 0. The Balaban J connectivity index is -0.0000000457. The van der Waals surface area contributed by atoms with Gasteiger partial charge in [0, 0.05) is 0 Å². The molecule has 0 aliphatic heterocycles. The smallest absolute Gasteiger partial charge is 0.822 e. The Hall–Kier alpha value is 0.180. The molecule has 0 fully saturated rings. The van der Waals surface area contributed by atoms with Crippen molar-refractivity contribution >= 4 is 15.6 Å². The van der Waals surface area contributed by atoms with Gasteiger partial charge in [-0.2, -0.15) is 7.82 Å². The summed E-state index contributed by atoms with van der Waals surface area (Å²) in [6, 6.07) is 0. The topological polar surface area (TPSA) is 198 Å². The predicted molar refractivity (Wildman–Crippen MR) is 26.5 cm³/mol. The summed E-state index contributed by atoms with van der Waals surface area (Å²) < 4.78 is 17.3. The van der Waals surface area contributed by atoms with Crippen molar-refractivity contribution in [1.82, 2.24) is 0 Å². The summed E-state index contributed by atoms with van der Waals surface area (Å²) in [6.07, 6.45) is 0. The maximum absolute atomic E-state index is 8.77. The quantitative estimate of drug-likeness (QED) is 0.378. The Morgan fingerprint density at radius 1 is 0.917 bits per heavy atom. The van der Waals surface area contributed by atoms with Crippen molar-refractivity contribution in [3.63, 3.8) is 0 Å². The molecule has 0 saturated carbocycles. The second-order valence-corrected chi connectivity index (χ2v) is 2.81. The summed E-state index contributed by atoms with van der Waals surface area (Å²) in [5.74, 6) is 0. The third kappa shape index (κ3) is 26500. The first kappa shape index (κ1) is 22.8. The molecule has 0 aliphatic carbocycles. The van der Waals surface area contributed by atoms with Gasteiger partial charge in [-0.3, -0.25) is 4.57 Å². The molecule has 0 amide bonds. The van der Waals surface area contributed by atoms with Crippen molar-refractivity contribution in [2.75, 3.05) is 0 Å². The van der Waals surface area contributed by atoms with E-state index in [1.54, 1.807) is 0 Å². The first-order valence-corrected chi connectivity index (χ1v) is 4.49. The SMILES string of the molecule is O.O=P([O-])(O)O.O=P([O-])([O-])[O-].[C+4]. The van der Waals surface area contributed by atoms with Crippen LogP contribution in [0.2, 0.25) is 0 Å². The van der Waals surface area contributed by atoms with Gasteiger partial charge in [-0.25, -0.2) is 0 Å². The number of hydrogen-bond acceptors (Lipinski definition) is 6.